The van der Waals surface area contributed by atoms with Crippen LogP contribution in [0.2, 0.25) is 0 Å². The monoisotopic (exact) mass is 289 g/mol. The van der Waals surface area contributed by atoms with Gasteiger partial charge in [0.2, 0.25) is 0 Å². The van der Waals surface area contributed by atoms with Crippen LogP contribution in [0.5, 0.6) is 5.75 Å². The molecule has 110 valence electrons. The topological polar surface area (TPSA) is 50.7 Å². The molecule has 5 heteroatoms. The van der Waals surface area contributed by atoms with E-state index >= 15 is 0 Å². The first-order valence-electron chi connectivity index (χ1n) is 6.34. The van der Waals surface area contributed by atoms with Gasteiger partial charge in [-0.2, -0.15) is 0 Å². The van der Waals surface area contributed by atoms with Crippen LogP contribution in [0.4, 0.5) is 4.39 Å². The zero-order chi connectivity index (χ0) is 15.1. The molecule has 0 heterocycles. The summed E-state index contributed by atoms with van der Waals surface area (Å²) in [6.07, 6.45) is 1.48. The maximum absolute atomic E-state index is 12.9. The minimum absolute atomic E-state index is 0.0117. The number of ether oxygens (including phenoxy) is 1. The number of nitrogens with one attached hydrogen (secondary N) is 1. The predicted octanol–water partition coefficient (Wildman–Crippen LogP) is 2.85. The molecule has 0 aliphatic carbocycles. The van der Waals surface area contributed by atoms with Crippen LogP contribution in [0.1, 0.15) is 11.1 Å². The second-order valence-electron chi connectivity index (χ2n) is 4.26. The number of hydrogen-bond acceptors (Lipinski definition) is 4. The highest BCUT2D eigenvalue weighted by molar-refractivity contribution is 5.62. The lowest BCUT2D eigenvalue weighted by molar-refractivity contribution is 0.135. The molecule has 0 amide bonds. The zero-order valence-corrected chi connectivity index (χ0v) is 11.5. The largest absolute Gasteiger partial charge is 0.463 e. The van der Waals surface area contributed by atoms with Crippen LogP contribution in [0, 0.1) is 5.82 Å². The molecular weight excluding hydrogens is 273 g/mol. The van der Waals surface area contributed by atoms with Gasteiger partial charge < -0.3 is 9.84 Å². The standard InChI is InChI=1S/C16H16FNO3/c1-20-18-16(13-4-6-14(17)7-5-13)11-21-15-8-2-12(10-19)3-9-15/h2-9,11,18-19H,10H2,1H3. The van der Waals surface area contributed by atoms with Crippen molar-refractivity contribution >= 4 is 5.70 Å². The number of hydroxylamine groups is 1. The van der Waals surface area contributed by atoms with Crippen LogP contribution in [0.15, 0.2) is 54.8 Å². The second-order valence-corrected chi connectivity index (χ2v) is 4.26. The van der Waals surface area contributed by atoms with Gasteiger partial charge in [0.1, 0.15) is 23.5 Å². The third-order valence-corrected chi connectivity index (χ3v) is 2.79. The van der Waals surface area contributed by atoms with Crippen molar-refractivity contribution < 1.29 is 19.1 Å². The Hall–Kier alpha value is -2.37. The molecule has 2 aromatic rings. The number of halogens is 1. The van der Waals surface area contributed by atoms with Crippen molar-refractivity contribution in [3.05, 3.63) is 71.7 Å². The molecule has 2 aromatic carbocycles. The van der Waals surface area contributed by atoms with Gasteiger partial charge in [0.25, 0.3) is 0 Å². The van der Waals surface area contributed by atoms with Gasteiger partial charge in [-0.3, -0.25) is 10.3 Å². The Kier molecular flexibility index (Phi) is 5.31. The third kappa shape index (κ3) is 4.30. The van der Waals surface area contributed by atoms with Crippen LogP contribution < -0.4 is 10.2 Å². The molecule has 4 nitrogen and oxygen atoms in total. The fourth-order valence-electron chi connectivity index (χ4n) is 1.69. The van der Waals surface area contributed by atoms with Crippen molar-refractivity contribution in [3.8, 4) is 5.75 Å². The Morgan fingerprint density at radius 3 is 2.38 bits per heavy atom. The molecular formula is C16H16FNO3. The minimum atomic E-state index is -0.309. The lowest BCUT2D eigenvalue weighted by atomic mass is 10.2. The fourth-order valence-corrected chi connectivity index (χ4v) is 1.69. The number of aliphatic hydroxyl groups is 1. The highest BCUT2D eigenvalue weighted by atomic mass is 19.1. The van der Waals surface area contributed by atoms with E-state index in [0.29, 0.717) is 11.4 Å². The normalized spacial score (nSPS) is 11.3. The van der Waals surface area contributed by atoms with Crippen LogP contribution in [0.25, 0.3) is 5.70 Å². The van der Waals surface area contributed by atoms with Gasteiger partial charge in [0, 0.05) is 5.56 Å². The smallest absolute Gasteiger partial charge is 0.126 e. The molecule has 0 aliphatic heterocycles. The molecule has 0 radical (unpaired) electrons. The highest BCUT2D eigenvalue weighted by Gasteiger charge is 2.03. The van der Waals surface area contributed by atoms with E-state index < -0.39 is 0 Å². The molecule has 0 aliphatic rings. The Bertz CT molecular complexity index is 594. The van der Waals surface area contributed by atoms with E-state index in [1.165, 1.54) is 25.5 Å². The minimum Gasteiger partial charge on any atom is -0.463 e. The lowest BCUT2D eigenvalue weighted by Gasteiger charge is -2.09. The summed E-state index contributed by atoms with van der Waals surface area (Å²) >= 11 is 0. The first-order chi connectivity index (χ1) is 10.2. The number of rotatable bonds is 6. The summed E-state index contributed by atoms with van der Waals surface area (Å²) < 4.78 is 18.5. The molecule has 2 rings (SSSR count). The Labute approximate surface area is 122 Å². The van der Waals surface area contributed by atoms with Crippen molar-refractivity contribution in [2.75, 3.05) is 7.11 Å². The first-order valence-corrected chi connectivity index (χ1v) is 6.34. The summed E-state index contributed by atoms with van der Waals surface area (Å²) in [4.78, 5) is 4.89. The first kappa shape index (κ1) is 15.0. The van der Waals surface area contributed by atoms with Crippen LogP contribution in [-0.2, 0) is 11.4 Å². The zero-order valence-electron chi connectivity index (χ0n) is 11.5. The molecule has 0 saturated heterocycles. The second kappa shape index (κ2) is 7.42. The van der Waals surface area contributed by atoms with E-state index in [0.717, 1.165) is 11.1 Å². The summed E-state index contributed by atoms with van der Waals surface area (Å²) in [6.45, 7) is -0.0117. The summed E-state index contributed by atoms with van der Waals surface area (Å²) in [5.41, 5.74) is 4.78. The van der Waals surface area contributed by atoms with Crippen molar-refractivity contribution in [1.82, 2.24) is 5.48 Å². The van der Waals surface area contributed by atoms with Crippen LogP contribution in [-0.4, -0.2) is 12.2 Å². The van der Waals surface area contributed by atoms with Crippen molar-refractivity contribution in [2.24, 2.45) is 0 Å². The van der Waals surface area contributed by atoms with E-state index in [2.05, 4.69) is 5.48 Å². The van der Waals surface area contributed by atoms with E-state index in [-0.39, 0.29) is 12.4 Å². The van der Waals surface area contributed by atoms with Gasteiger partial charge in [-0.15, -0.1) is 0 Å². The SMILES string of the molecule is CONC(=COc1ccc(CO)cc1)c1ccc(F)cc1. The van der Waals surface area contributed by atoms with E-state index in [1.807, 2.05) is 0 Å². The molecule has 21 heavy (non-hydrogen) atoms. The molecule has 0 aromatic heterocycles. The maximum atomic E-state index is 12.9. The van der Waals surface area contributed by atoms with Gasteiger partial charge in [-0.25, -0.2) is 4.39 Å². The molecule has 0 saturated carbocycles. The molecule has 0 bridgehead atoms. The summed E-state index contributed by atoms with van der Waals surface area (Å²) in [5, 5.41) is 8.98. The summed E-state index contributed by atoms with van der Waals surface area (Å²) in [6, 6.07) is 13.0. The number of aliphatic hydroxyl groups excluding tert-OH is 1. The van der Waals surface area contributed by atoms with E-state index in [9.17, 15) is 4.39 Å². The molecule has 0 spiro atoms. The Morgan fingerprint density at radius 1 is 1.14 bits per heavy atom. The van der Waals surface area contributed by atoms with Gasteiger partial charge in [-0.1, -0.05) is 12.1 Å². The van der Waals surface area contributed by atoms with Gasteiger partial charge in [-0.05, 0) is 42.0 Å². The molecule has 2 N–H and O–H groups in total. The van der Waals surface area contributed by atoms with Crippen molar-refractivity contribution in [1.29, 1.82) is 0 Å². The van der Waals surface area contributed by atoms with Crippen LogP contribution >= 0.6 is 0 Å². The third-order valence-electron chi connectivity index (χ3n) is 2.79. The predicted molar refractivity (Wildman–Crippen MR) is 77.5 cm³/mol. The van der Waals surface area contributed by atoms with Crippen LogP contribution in [0.3, 0.4) is 0 Å². The molecule has 0 fully saturated rings. The fraction of sp³-hybridized carbons (Fsp3) is 0.125. The number of benzene rings is 2. The average molecular weight is 289 g/mol. The lowest BCUT2D eigenvalue weighted by Crippen LogP contribution is -2.11. The summed E-state index contributed by atoms with van der Waals surface area (Å²) in [5.74, 6) is 0.306. The van der Waals surface area contributed by atoms with Crippen molar-refractivity contribution in [3.63, 3.8) is 0 Å². The molecule has 0 atom stereocenters. The molecule has 0 unspecified atom stereocenters. The Morgan fingerprint density at radius 2 is 1.81 bits per heavy atom. The quantitative estimate of drug-likeness (QED) is 0.634. The van der Waals surface area contributed by atoms with Gasteiger partial charge in [0.05, 0.1) is 13.7 Å². The average Bonchev–Trinajstić information content (AvgIpc) is 2.53. The van der Waals surface area contributed by atoms with E-state index in [1.54, 1.807) is 36.4 Å². The van der Waals surface area contributed by atoms with Gasteiger partial charge >= 0.3 is 0 Å². The highest BCUT2D eigenvalue weighted by Crippen LogP contribution is 2.16. The summed E-state index contributed by atoms with van der Waals surface area (Å²) in [7, 11) is 1.48. The Balaban J connectivity index is 2.14. The van der Waals surface area contributed by atoms with Crippen molar-refractivity contribution in [2.45, 2.75) is 6.61 Å². The maximum Gasteiger partial charge on any atom is 0.126 e. The number of hydrogen-bond donors (Lipinski definition) is 2. The van der Waals surface area contributed by atoms with E-state index in [4.69, 9.17) is 14.7 Å². The van der Waals surface area contributed by atoms with Gasteiger partial charge in [0.15, 0.2) is 0 Å².